The fourth-order valence-corrected chi connectivity index (χ4v) is 3.99. The zero-order valence-electron chi connectivity index (χ0n) is 17.6. The third-order valence-corrected chi connectivity index (χ3v) is 6.64. The van der Waals surface area contributed by atoms with Crippen molar-refractivity contribution >= 4 is 15.9 Å². The zero-order chi connectivity index (χ0) is 21.8. The molecule has 2 rings (SSSR count). The van der Waals surface area contributed by atoms with Crippen LogP contribution in [0.5, 0.6) is 11.5 Å². The number of nitrogens with one attached hydrogen (secondary N) is 1. The van der Waals surface area contributed by atoms with Gasteiger partial charge < -0.3 is 14.8 Å². The lowest BCUT2D eigenvalue weighted by Crippen LogP contribution is -2.39. The SMILES string of the molecule is COc1ccc(S(=O)(=O)N(C)CC(=O)N[C@H](C)c2ccc(C)c(C)c2)cc1OC. The van der Waals surface area contributed by atoms with Crippen LogP contribution in [-0.4, -0.2) is 46.4 Å². The summed E-state index contributed by atoms with van der Waals surface area (Å²) in [5, 5.41) is 2.85. The second-order valence-electron chi connectivity index (χ2n) is 6.91. The van der Waals surface area contributed by atoms with Crippen LogP contribution in [0.2, 0.25) is 0 Å². The highest BCUT2D eigenvalue weighted by Gasteiger charge is 2.25. The molecule has 1 amide bonds. The normalized spacial score (nSPS) is 12.5. The Morgan fingerprint density at radius 1 is 1.03 bits per heavy atom. The summed E-state index contributed by atoms with van der Waals surface area (Å²) in [7, 11) is 0.402. The van der Waals surface area contributed by atoms with Gasteiger partial charge in [-0.25, -0.2) is 8.42 Å². The van der Waals surface area contributed by atoms with Crippen LogP contribution in [0.3, 0.4) is 0 Å². The molecule has 0 spiro atoms. The molecule has 29 heavy (non-hydrogen) atoms. The maximum absolute atomic E-state index is 12.8. The van der Waals surface area contributed by atoms with E-state index in [1.54, 1.807) is 0 Å². The molecular weight excluding hydrogens is 392 g/mol. The van der Waals surface area contributed by atoms with E-state index < -0.39 is 10.0 Å². The highest BCUT2D eigenvalue weighted by molar-refractivity contribution is 7.89. The Morgan fingerprint density at radius 2 is 1.69 bits per heavy atom. The first kappa shape index (κ1) is 22.7. The van der Waals surface area contributed by atoms with Crippen molar-refractivity contribution in [2.24, 2.45) is 0 Å². The first-order chi connectivity index (χ1) is 13.6. The molecule has 0 fully saturated rings. The van der Waals surface area contributed by atoms with Gasteiger partial charge in [0.2, 0.25) is 15.9 Å². The predicted octanol–water partition coefficient (Wildman–Crippen LogP) is 2.82. The van der Waals surface area contributed by atoms with Gasteiger partial charge in [0.05, 0.1) is 31.7 Å². The molecule has 0 radical (unpaired) electrons. The number of carbonyl (C=O) groups is 1. The van der Waals surface area contributed by atoms with Crippen LogP contribution in [0.4, 0.5) is 0 Å². The lowest BCUT2D eigenvalue weighted by Gasteiger charge is -2.20. The Labute approximate surface area is 172 Å². The van der Waals surface area contributed by atoms with Crippen molar-refractivity contribution in [3.8, 4) is 11.5 Å². The van der Waals surface area contributed by atoms with Crippen LogP contribution in [0.15, 0.2) is 41.3 Å². The van der Waals surface area contributed by atoms with Gasteiger partial charge in [0.25, 0.3) is 0 Å². The number of likely N-dealkylation sites (N-methyl/N-ethyl adjacent to an activating group) is 1. The van der Waals surface area contributed by atoms with Crippen molar-refractivity contribution in [2.45, 2.75) is 31.7 Å². The van der Waals surface area contributed by atoms with E-state index in [2.05, 4.69) is 5.32 Å². The molecule has 0 saturated carbocycles. The lowest BCUT2D eigenvalue weighted by molar-refractivity contribution is -0.121. The van der Waals surface area contributed by atoms with Crippen molar-refractivity contribution in [3.63, 3.8) is 0 Å². The van der Waals surface area contributed by atoms with E-state index in [9.17, 15) is 13.2 Å². The molecule has 158 valence electrons. The van der Waals surface area contributed by atoms with Gasteiger partial charge >= 0.3 is 0 Å². The third kappa shape index (κ3) is 5.27. The molecule has 0 aliphatic rings. The highest BCUT2D eigenvalue weighted by atomic mass is 32.2. The van der Waals surface area contributed by atoms with Crippen LogP contribution in [-0.2, 0) is 14.8 Å². The van der Waals surface area contributed by atoms with Crippen molar-refractivity contribution in [1.82, 2.24) is 9.62 Å². The van der Waals surface area contributed by atoms with Crippen LogP contribution in [0, 0.1) is 13.8 Å². The number of hydrogen-bond donors (Lipinski definition) is 1. The van der Waals surface area contributed by atoms with E-state index in [4.69, 9.17) is 9.47 Å². The molecule has 8 heteroatoms. The second-order valence-corrected chi connectivity index (χ2v) is 8.96. The Balaban J connectivity index is 2.10. The summed E-state index contributed by atoms with van der Waals surface area (Å²) in [5.74, 6) is 0.339. The molecule has 0 saturated heterocycles. The van der Waals surface area contributed by atoms with Crippen molar-refractivity contribution in [3.05, 3.63) is 53.1 Å². The van der Waals surface area contributed by atoms with Gasteiger partial charge in [0.1, 0.15) is 0 Å². The summed E-state index contributed by atoms with van der Waals surface area (Å²) < 4.78 is 37.0. The lowest BCUT2D eigenvalue weighted by atomic mass is 10.0. The number of aryl methyl sites for hydroxylation is 2. The molecule has 0 aliphatic carbocycles. The van der Waals surface area contributed by atoms with Crippen molar-refractivity contribution in [1.29, 1.82) is 0 Å². The van der Waals surface area contributed by atoms with Gasteiger partial charge in [0.15, 0.2) is 11.5 Å². The molecule has 0 unspecified atom stereocenters. The Hall–Kier alpha value is -2.58. The minimum absolute atomic E-state index is 0.0210. The monoisotopic (exact) mass is 420 g/mol. The number of ether oxygens (including phenoxy) is 2. The summed E-state index contributed by atoms with van der Waals surface area (Å²) in [6.45, 7) is 5.60. The number of amides is 1. The maximum atomic E-state index is 12.8. The molecule has 7 nitrogen and oxygen atoms in total. The van der Waals surface area contributed by atoms with Crippen LogP contribution < -0.4 is 14.8 Å². The Kier molecular flexibility index (Phi) is 7.26. The highest BCUT2D eigenvalue weighted by Crippen LogP contribution is 2.30. The predicted molar refractivity (Wildman–Crippen MR) is 112 cm³/mol. The number of benzene rings is 2. The molecule has 2 aromatic carbocycles. The van der Waals surface area contributed by atoms with Crippen molar-refractivity contribution < 1.29 is 22.7 Å². The smallest absolute Gasteiger partial charge is 0.243 e. The molecule has 1 atom stereocenters. The zero-order valence-corrected chi connectivity index (χ0v) is 18.5. The van der Waals surface area contributed by atoms with Gasteiger partial charge in [0, 0.05) is 13.1 Å². The van der Waals surface area contributed by atoms with E-state index in [0.29, 0.717) is 11.5 Å². The van der Waals surface area contributed by atoms with E-state index in [-0.39, 0.29) is 23.4 Å². The summed E-state index contributed by atoms with van der Waals surface area (Å²) >= 11 is 0. The number of rotatable bonds is 8. The minimum atomic E-state index is -3.87. The fraction of sp³-hybridized carbons (Fsp3) is 0.381. The topological polar surface area (TPSA) is 84.9 Å². The van der Waals surface area contributed by atoms with E-state index in [0.717, 1.165) is 15.4 Å². The number of hydrogen-bond acceptors (Lipinski definition) is 5. The van der Waals surface area contributed by atoms with Gasteiger partial charge in [-0.3, -0.25) is 4.79 Å². The second kappa shape index (κ2) is 9.28. The molecular formula is C21H28N2O5S. The van der Waals surface area contributed by atoms with Gasteiger partial charge in [-0.05, 0) is 49.6 Å². The largest absolute Gasteiger partial charge is 0.493 e. The molecule has 0 aliphatic heterocycles. The van der Waals surface area contributed by atoms with E-state index >= 15 is 0 Å². The summed E-state index contributed by atoms with van der Waals surface area (Å²) in [6.07, 6.45) is 0. The third-order valence-electron chi connectivity index (χ3n) is 4.84. The van der Waals surface area contributed by atoms with Crippen LogP contribution >= 0.6 is 0 Å². The van der Waals surface area contributed by atoms with Crippen LogP contribution in [0.25, 0.3) is 0 Å². The molecule has 0 heterocycles. The maximum Gasteiger partial charge on any atom is 0.243 e. The Morgan fingerprint density at radius 3 is 2.28 bits per heavy atom. The number of sulfonamides is 1. The van der Waals surface area contributed by atoms with Gasteiger partial charge in [-0.1, -0.05) is 18.2 Å². The minimum Gasteiger partial charge on any atom is -0.493 e. The first-order valence-electron chi connectivity index (χ1n) is 9.15. The molecule has 1 N–H and O–H groups in total. The van der Waals surface area contributed by atoms with E-state index in [1.807, 2.05) is 39.0 Å². The Bertz CT molecular complexity index is 989. The fourth-order valence-electron chi connectivity index (χ4n) is 2.85. The summed E-state index contributed by atoms with van der Waals surface area (Å²) in [5.41, 5.74) is 3.27. The van der Waals surface area contributed by atoms with Crippen molar-refractivity contribution in [2.75, 3.05) is 27.8 Å². The van der Waals surface area contributed by atoms with E-state index in [1.165, 1.54) is 45.0 Å². The van der Waals surface area contributed by atoms with Gasteiger partial charge in [-0.15, -0.1) is 0 Å². The number of methoxy groups -OCH3 is 2. The first-order valence-corrected chi connectivity index (χ1v) is 10.6. The van der Waals surface area contributed by atoms with Gasteiger partial charge in [-0.2, -0.15) is 4.31 Å². The quantitative estimate of drug-likeness (QED) is 0.710. The standard InChI is InChI=1S/C21H28N2O5S/c1-14-7-8-17(11-15(14)2)16(3)22-21(24)13-23(4)29(25,26)18-9-10-19(27-5)20(12-18)28-6/h7-12,16H,13H2,1-6H3,(H,22,24)/t16-/m1/s1. The average molecular weight is 421 g/mol. The molecule has 0 bridgehead atoms. The molecule has 2 aromatic rings. The summed E-state index contributed by atoms with van der Waals surface area (Å²) in [6, 6.07) is 10.0. The number of carbonyl (C=O) groups excluding carboxylic acids is 1. The molecule has 0 aromatic heterocycles. The summed E-state index contributed by atoms with van der Waals surface area (Å²) in [4.78, 5) is 12.4. The average Bonchev–Trinajstić information content (AvgIpc) is 2.69. The van der Waals surface area contributed by atoms with Crippen LogP contribution in [0.1, 0.15) is 29.7 Å². The number of nitrogens with zero attached hydrogens (tertiary/aromatic N) is 1.